The number of rotatable bonds is 1. The highest BCUT2D eigenvalue weighted by atomic mass is 16.1. The predicted octanol–water partition coefficient (Wildman–Crippen LogP) is 1.42. The molecule has 0 amide bonds. The lowest BCUT2D eigenvalue weighted by Crippen LogP contribution is -2.06. The van der Waals surface area contributed by atoms with Gasteiger partial charge in [-0.2, -0.15) is 0 Å². The number of pyridine rings is 2. The summed E-state index contributed by atoms with van der Waals surface area (Å²) in [5.41, 5.74) is 1.29. The minimum Gasteiger partial charge on any atom is -0.306 e. The number of hydrogen-bond acceptors (Lipinski definition) is 3. The van der Waals surface area contributed by atoms with E-state index < -0.39 is 0 Å². The lowest BCUT2D eigenvalue weighted by molar-refractivity contribution is 0.943. The fourth-order valence-corrected chi connectivity index (χ4v) is 1.87. The molecule has 5 heteroatoms. The van der Waals surface area contributed by atoms with Crippen LogP contribution < -0.4 is 5.56 Å². The molecule has 3 aromatic rings. The Kier molecular flexibility index (Phi) is 2.04. The molecule has 0 bridgehead atoms. The number of nitrogens with one attached hydrogen (secondary N) is 1. The second-order valence-corrected chi connectivity index (χ2v) is 3.74. The van der Waals surface area contributed by atoms with Gasteiger partial charge in [-0.25, -0.2) is 9.97 Å². The minimum atomic E-state index is -0.144. The van der Waals surface area contributed by atoms with Gasteiger partial charge in [-0.15, -0.1) is 0 Å². The Bertz CT molecular complexity index is 727. The summed E-state index contributed by atoms with van der Waals surface area (Å²) in [6.45, 7) is 1.88. The van der Waals surface area contributed by atoms with Crippen LogP contribution in [0.4, 0.5) is 0 Å². The fraction of sp³-hybridized carbons (Fsp3) is 0.0833. The van der Waals surface area contributed by atoms with Crippen molar-refractivity contribution in [2.45, 2.75) is 6.92 Å². The van der Waals surface area contributed by atoms with E-state index in [9.17, 15) is 4.79 Å². The van der Waals surface area contributed by atoms with Crippen LogP contribution in [0.5, 0.6) is 0 Å². The summed E-state index contributed by atoms with van der Waals surface area (Å²) in [6.07, 6.45) is 1.71. The van der Waals surface area contributed by atoms with Crippen LogP contribution >= 0.6 is 0 Å². The maximum Gasteiger partial charge on any atom is 0.249 e. The van der Waals surface area contributed by atoms with E-state index in [1.54, 1.807) is 12.3 Å². The van der Waals surface area contributed by atoms with Crippen molar-refractivity contribution in [2.75, 3.05) is 0 Å². The average Bonchev–Trinajstić information content (AvgIpc) is 2.65. The van der Waals surface area contributed by atoms with Crippen LogP contribution in [-0.4, -0.2) is 19.5 Å². The van der Waals surface area contributed by atoms with E-state index in [-0.39, 0.29) is 5.56 Å². The Hall–Kier alpha value is -2.43. The van der Waals surface area contributed by atoms with E-state index >= 15 is 0 Å². The molecule has 0 saturated carbocycles. The van der Waals surface area contributed by atoms with Gasteiger partial charge < -0.3 is 4.98 Å². The van der Waals surface area contributed by atoms with Gasteiger partial charge >= 0.3 is 0 Å². The molecular weight excluding hydrogens is 216 g/mol. The minimum absolute atomic E-state index is 0.144. The summed E-state index contributed by atoms with van der Waals surface area (Å²) in [5.74, 6) is 1.54. The second-order valence-electron chi connectivity index (χ2n) is 3.74. The van der Waals surface area contributed by atoms with Crippen LogP contribution in [0.15, 0.2) is 41.3 Å². The number of aromatic amines is 1. The van der Waals surface area contributed by atoms with E-state index in [0.29, 0.717) is 5.65 Å². The molecule has 0 unspecified atom stereocenters. The molecule has 5 nitrogen and oxygen atoms in total. The van der Waals surface area contributed by atoms with Crippen molar-refractivity contribution < 1.29 is 0 Å². The first kappa shape index (κ1) is 9.77. The zero-order valence-corrected chi connectivity index (χ0v) is 9.21. The molecular formula is C12H10N4O. The largest absolute Gasteiger partial charge is 0.306 e. The van der Waals surface area contributed by atoms with Crippen LogP contribution in [0.25, 0.3) is 17.0 Å². The Morgan fingerprint density at radius 2 is 2.12 bits per heavy atom. The molecule has 0 aliphatic heterocycles. The number of aryl methyl sites for hydroxylation is 1. The van der Waals surface area contributed by atoms with Gasteiger partial charge in [0.2, 0.25) is 5.56 Å². The third-order valence-electron chi connectivity index (χ3n) is 2.58. The summed E-state index contributed by atoms with van der Waals surface area (Å²) in [7, 11) is 0. The summed E-state index contributed by atoms with van der Waals surface area (Å²) in [5, 5.41) is 0. The maximum absolute atomic E-state index is 11.4. The van der Waals surface area contributed by atoms with Crippen LogP contribution in [0, 0.1) is 6.92 Å². The van der Waals surface area contributed by atoms with E-state index in [0.717, 1.165) is 17.2 Å². The number of fused-ring (bicyclic) bond motifs is 1. The summed E-state index contributed by atoms with van der Waals surface area (Å²) in [4.78, 5) is 22.8. The first-order valence-corrected chi connectivity index (χ1v) is 5.25. The Morgan fingerprint density at radius 3 is 2.88 bits per heavy atom. The monoisotopic (exact) mass is 226 g/mol. The molecule has 3 heterocycles. The zero-order valence-electron chi connectivity index (χ0n) is 9.21. The van der Waals surface area contributed by atoms with Crippen LogP contribution in [0.2, 0.25) is 0 Å². The zero-order chi connectivity index (χ0) is 11.8. The molecule has 0 radical (unpaired) electrons. The Balaban J connectivity index is 2.39. The molecule has 84 valence electrons. The highest BCUT2D eigenvalue weighted by Gasteiger charge is 2.10. The van der Waals surface area contributed by atoms with Crippen molar-refractivity contribution in [2.24, 2.45) is 0 Å². The summed E-state index contributed by atoms with van der Waals surface area (Å²) < 4.78 is 1.83. The number of aromatic nitrogens is 4. The third-order valence-corrected chi connectivity index (χ3v) is 2.58. The molecule has 0 atom stereocenters. The van der Waals surface area contributed by atoms with Crippen LogP contribution in [-0.2, 0) is 0 Å². The molecule has 0 aromatic carbocycles. The highest BCUT2D eigenvalue weighted by molar-refractivity contribution is 5.73. The molecule has 0 aliphatic carbocycles. The highest BCUT2D eigenvalue weighted by Crippen LogP contribution is 2.16. The normalized spacial score (nSPS) is 10.9. The average molecular weight is 226 g/mol. The van der Waals surface area contributed by atoms with Gasteiger partial charge in [0.05, 0.1) is 0 Å². The van der Waals surface area contributed by atoms with E-state index in [4.69, 9.17) is 0 Å². The summed E-state index contributed by atoms with van der Waals surface area (Å²) >= 11 is 0. The van der Waals surface area contributed by atoms with Crippen molar-refractivity contribution in [3.63, 3.8) is 0 Å². The Labute approximate surface area is 96.8 Å². The topological polar surface area (TPSA) is 63.6 Å². The molecule has 0 aliphatic rings. The second kappa shape index (κ2) is 3.55. The van der Waals surface area contributed by atoms with Gasteiger partial charge in [0, 0.05) is 12.3 Å². The van der Waals surface area contributed by atoms with Crippen molar-refractivity contribution >= 4 is 11.2 Å². The van der Waals surface area contributed by atoms with Gasteiger partial charge in [-0.1, -0.05) is 6.07 Å². The molecule has 3 aromatic heterocycles. The van der Waals surface area contributed by atoms with Gasteiger partial charge in [-0.05, 0) is 25.1 Å². The fourth-order valence-electron chi connectivity index (χ4n) is 1.87. The van der Waals surface area contributed by atoms with Crippen molar-refractivity contribution in [1.82, 2.24) is 19.5 Å². The third kappa shape index (κ3) is 1.52. The molecule has 17 heavy (non-hydrogen) atoms. The molecule has 3 rings (SSSR count). The quantitative estimate of drug-likeness (QED) is 0.682. The number of imidazole rings is 1. The lowest BCUT2D eigenvalue weighted by Gasteiger charge is -2.04. The molecule has 0 saturated heterocycles. The van der Waals surface area contributed by atoms with Crippen LogP contribution in [0.1, 0.15) is 5.82 Å². The van der Waals surface area contributed by atoms with Crippen molar-refractivity contribution in [1.29, 1.82) is 0 Å². The van der Waals surface area contributed by atoms with E-state index in [1.165, 1.54) is 6.07 Å². The van der Waals surface area contributed by atoms with Crippen LogP contribution in [0.3, 0.4) is 0 Å². The number of hydrogen-bond donors (Lipinski definition) is 1. The standard InChI is InChI=1S/C12H10N4O/c1-8-14-9-5-6-11(17)15-12(9)16(8)10-4-2-3-7-13-10/h2-7H,1H3,(H,15,17). The smallest absolute Gasteiger partial charge is 0.249 e. The van der Waals surface area contributed by atoms with E-state index in [2.05, 4.69) is 15.0 Å². The predicted molar refractivity (Wildman–Crippen MR) is 64.2 cm³/mol. The molecule has 0 fully saturated rings. The summed E-state index contributed by atoms with van der Waals surface area (Å²) in [6, 6.07) is 8.80. The molecule has 1 N–H and O–H groups in total. The number of nitrogens with zero attached hydrogens (tertiary/aromatic N) is 3. The SMILES string of the molecule is Cc1nc2ccc(=O)[nH]c2n1-c1ccccn1. The van der Waals surface area contributed by atoms with Gasteiger partial charge in [0.15, 0.2) is 0 Å². The van der Waals surface area contributed by atoms with Gasteiger partial charge in [0.1, 0.15) is 22.8 Å². The maximum atomic E-state index is 11.4. The van der Waals surface area contributed by atoms with E-state index in [1.807, 2.05) is 29.7 Å². The molecule has 0 spiro atoms. The van der Waals surface area contributed by atoms with Gasteiger partial charge in [-0.3, -0.25) is 9.36 Å². The lowest BCUT2D eigenvalue weighted by atomic mass is 10.4. The first-order chi connectivity index (χ1) is 8.25. The van der Waals surface area contributed by atoms with Crippen molar-refractivity contribution in [3.8, 4) is 5.82 Å². The first-order valence-electron chi connectivity index (χ1n) is 5.25. The Morgan fingerprint density at radius 1 is 1.24 bits per heavy atom. The van der Waals surface area contributed by atoms with Gasteiger partial charge in [0.25, 0.3) is 0 Å². The van der Waals surface area contributed by atoms with Crippen molar-refractivity contribution in [3.05, 3.63) is 52.7 Å². The number of H-pyrrole nitrogens is 1.